The Morgan fingerprint density at radius 3 is 2.83 bits per heavy atom. The molecule has 9 heteroatoms. The zero-order valence-electron chi connectivity index (χ0n) is 17.4. The van der Waals surface area contributed by atoms with E-state index in [4.69, 9.17) is 4.42 Å². The zero-order chi connectivity index (χ0) is 20.8. The molecule has 29 heavy (non-hydrogen) atoms. The van der Waals surface area contributed by atoms with Crippen molar-refractivity contribution in [1.29, 1.82) is 0 Å². The van der Waals surface area contributed by atoms with Gasteiger partial charge in [0.2, 0.25) is 11.8 Å². The van der Waals surface area contributed by atoms with Gasteiger partial charge in [-0.15, -0.1) is 10.2 Å². The second-order valence-electron chi connectivity index (χ2n) is 7.32. The second kappa shape index (κ2) is 9.96. The minimum atomic E-state index is -0.000970. The fraction of sp³-hybridized carbons (Fsp3) is 0.600. The van der Waals surface area contributed by atoms with Crippen LogP contribution in [0.3, 0.4) is 0 Å². The van der Waals surface area contributed by atoms with Crippen molar-refractivity contribution in [3.8, 4) is 0 Å². The van der Waals surface area contributed by atoms with Crippen molar-refractivity contribution in [2.24, 2.45) is 0 Å². The number of carbonyl (C=O) groups is 2. The van der Waals surface area contributed by atoms with Crippen LogP contribution < -0.4 is 0 Å². The molecule has 0 aliphatic carbocycles. The molecule has 0 spiro atoms. The van der Waals surface area contributed by atoms with Crippen LogP contribution in [-0.2, 0) is 29.2 Å². The van der Waals surface area contributed by atoms with Gasteiger partial charge in [0.25, 0.3) is 0 Å². The summed E-state index contributed by atoms with van der Waals surface area (Å²) in [6, 6.07) is 3.78. The second-order valence-corrected chi connectivity index (χ2v) is 8.26. The Bertz CT molecular complexity index is 847. The predicted octanol–water partition coefficient (Wildman–Crippen LogP) is 2.85. The van der Waals surface area contributed by atoms with Crippen molar-refractivity contribution in [3.05, 3.63) is 29.5 Å². The van der Waals surface area contributed by atoms with E-state index in [-0.39, 0.29) is 17.6 Å². The highest BCUT2D eigenvalue weighted by Crippen LogP contribution is 2.20. The maximum atomic E-state index is 12.5. The molecule has 0 aromatic carbocycles. The average Bonchev–Trinajstić information content (AvgIpc) is 3.23. The highest BCUT2D eigenvalue weighted by molar-refractivity contribution is 7.99. The molecule has 0 unspecified atom stereocenters. The van der Waals surface area contributed by atoms with Crippen LogP contribution in [0, 0.1) is 6.92 Å². The molecule has 2 aromatic heterocycles. The lowest BCUT2D eigenvalue weighted by molar-refractivity contribution is -0.131. The van der Waals surface area contributed by atoms with Crippen LogP contribution in [0.5, 0.6) is 0 Å². The van der Waals surface area contributed by atoms with E-state index < -0.39 is 0 Å². The van der Waals surface area contributed by atoms with Crippen LogP contribution in [0.2, 0.25) is 0 Å². The van der Waals surface area contributed by atoms with Crippen molar-refractivity contribution >= 4 is 23.6 Å². The lowest BCUT2D eigenvalue weighted by Gasteiger charge is -2.20. The summed E-state index contributed by atoms with van der Waals surface area (Å²) in [5.41, 5.74) is 0. The highest BCUT2D eigenvalue weighted by atomic mass is 32.2. The Labute approximate surface area is 175 Å². The molecule has 1 saturated heterocycles. The molecule has 158 valence electrons. The zero-order valence-corrected chi connectivity index (χ0v) is 18.2. The topological polar surface area (TPSA) is 84.5 Å². The molecule has 2 amide bonds. The van der Waals surface area contributed by atoms with Gasteiger partial charge in [-0.1, -0.05) is 18.2 Å². The van der Waals surface area contributed by atoms with Crippen molar-refractivity contribution in [1.82, 2.24) is 24.6 Å². The minimum absolute atomic E-state index is 0.000970. The monoisotopic (exact) mass is 419 g/mol. The molecule has 0 radical (unpaired) electrons. The fourth-order valence-corrected chi connectivity index (χ4v) is 4.33. The summed E-state index contributed by atoms with van der Waals surface area (Å²) >= 11 is 1.38. The molecule has 0 N–H and O–H groups in total. The Morgan fingerprint density at radius 1 is 1.28 bits per heavy atom. The molecule has 0 atom stereocenters. The van der Waals surface area contributed by atoms with E-state index in [1.54, 1.807) is 11.9 Å². The van der Waals surface area contributed by atoms with Gasteiger partial charge in [-0.3, -0.25) is 9.59 Å². The largest absolute Gasteiger partial charge is 0.464 e. The van der Waals surface area contributed by atoms with Crippen LogP contribution in [0.1, 0.15) is 50.0 Å². The molecule has 1 aliphatic heterocycles. The van der Waals surface area contributed by atoms with Gasteiger partial charge >= 0.3 is 0 Å². The van der Waals surface area contributed by atoms with E-state index in [1.165, 1.54) is 11.8 Å². The van der Waals surface area contributed by atoms with Gasteiger partial charge in [-0.25, -0.2) is 0 Å². The summed E-state index contributed by atoms with van der Waals surface area (Å²) in [7, 11) is 1.77. The van der Waals surface area contributed by atoms with Gasteiger partial charge in [0.15, 0.2) is 11.0 Å². The molecule has 3 rings (SSSR count). The van der Waals surface area contributed by atoms with E-state index >= 15 is 0 Å². The SMILES string of the molecule is CCn1c(CN2CCCCCC2=O)nnc1SCC(=O)N(C)Cc1ccc(C)o1. The van der Waals surface area contributed by atoms with E-state index in [0.717, 1.165) is 43.2 Å². The fourth-order valence-electron chi connectivity index (χ4n) is 3.37. The van der Waals surface area contributed by atoms with Gasteiger partial charge in [0.1, 0.15) is 11.5 Å². The number of aryl methyl sites for hydroxylation is 1. The summed E-state index contributed by atoms with van der Waals surface area (Å²) in [5, 5.41) is 9.27. The molecular weight excluding hydrogens is 390 g/mol. The maximum Gasteiger partial charge on any atom is 0.233 e. The van der Waals surface area contributed by atoms with E-state index in [0.29, 0.717) is 31.2 Å². The first-order valence-electron chi connectivity index (χ1n) is 10.1. The lowest BCUT2D eigenvalue weighted by atomic mass is 10.2. The first-order chi connectivity index (χ1) is 14.0. The van der Waals surface area contributed by atoms with Crippen LogP contribution >= 0.6 is 11.8 Å². The molecule has 0 bridgehead atoms. The van der Waals surface area contributed by atoms with Crippen LogP contribution in [0.4, 0.5) is 0 Å². The number of rotatable bonds is 8. The van der Waals surface area contributed by atoms with Crippen LogP contribution in [0.15, 0.2) is 21.7 Å². The molecular formula is C20H29N5O3S. The number of aromatic nitrogens is 3. The standard InChI is InChI=1S/C20H29N5O3S/c1-4-25-17(13-24-11-7-5-6-8-18(24)26)21-22-20(25)29-14-19(27)23(3)12-16-10-9-15(2)28-16/h9-10H,4-8,11-14H2,1-3H3. The summed E-state index contributed by atoms with van der Waals surface area (Å²) < 4.78 is 7.53. The third-order valence-corrected chi connectivity index (χ3v) is 6.00. The van der Waals surface area contributed by atoms with Gasteiger partial charge in [0, 0.05) is 26.6 Å². The number of likely N-dealkylation sites (tertiary alicyclic amines) is 1. The normalized spacial score (nSPS) is 14.9. The predicted molar refractivity (Wildman–Crippen MR) is 110 cm³/mol. The number of nitrogens with zero attached hydrogens (tertiary/aromatic N) is 5. The number of thioether (sulfide) groups is 1. The van der Waals surface area contributed by atoms with Gasteiger partial charge in [0.05, 0.1) is 18.8 Å². The number of carbonyl (C=O) groups excluding carboxylic acids is 2. The number of furan rings is 1. The van der Waals surface area contributed by atoms with Crippen molar-refractivity contribution in [3.63, 3.8) is 0 Å². The first kappa shape index (κ1) is 21.4. The molecule has 1 fully saturated rings. The summed E-state index contributed by atoms with van der Waals surface area (Å²) in [6.45, 7) is 6.29. The molecule has 0 saturated carbocycles. The quantitative estimate of drug-likeness (QED) is 0.612. The Hall–Kier alpha value is -2.29. The third-order valence-electron chi connectivity index (χ3n) is 5.05. The Kier molecular flexibility index (Phi) is 7.35. The van der Waals surface area contributed by atoms with Crippen LogP contribution in [-0.4, -0.2) is 55.7 Å². The molecule has 2 aromatic rings. The van der Waals surface area contributed by atoms with E-state index in [1.807, 2.05) is 35.4 Å². The average molecular weight is 420 g/mol. The molecule has 3 heterocycles. The highest BCUT2D eigenvalue weighted by Gasteiger charge is 2.21. The summed E-state index contributed by atoms with van der Waals surface area (Å²) in [6.07, 6.45) is 3.70. The van der Waals surface area contributed by atoms with Crippen molar-refractivity contribution < 1.29 is 14.0 Å². The van der Waals surface area contributed by atoms with Crippen molar-refractivity contribution in [2.75, 3.05) is 19.3 Å². The van der Waals surface area contributed by atoms with Gasteiger partial charge in [-0.2, -0.15) is 0 Å². The Morgan fingerprint density at radius 2 is 2.10 bits per heavy atom. The summed E-state index contributed by atoms with van der Waals surface area (Å²) in [4.78, 5) is 28.3. The minimum Gasteiger partial charge on any atom is -0.464 e. The smallest absolute Gasteiger partial charge is 0.233 e. The summed E-state index contributed by atoms with van der Waals surface area (Å²) in [5.74, 6) is 2.84. The first-order valence-corrected chi connectivity index (χ1v) is 11.1. The molecule has 8 nitrogen and oxygen atoms in total. The maximum absolute atomic E-state index is 12.5. The van der Waals surface area contributed by atoms with Crippen molar-refractivity contribution in [2.45, 2.75) is 64.3 Å². The number of hydrogen-bond acceptors (Lipinski definition) is 6. The lowest BCUT2D eigenvalue weighted by Crippen LogP contribution is -2.31. The van der Waals surface area contributed by atoms with E-state index in [2.05, 4.69) is 10.2 Å². The Balaban J connectivity index is 1.58. The van der Waals surface area contributed by atoms with Gasteiger partial charge < -0.3 is 18.8 Å². The van der Waals surface area contributed by atoms with E-state index in [9.17, 15) is 9.59 Å². The van der Waals surface area contributed by atoms with Gasteiger partial charge in [-0.05, 0) is 38.8 Å². The molecule has 1 aliphatic rings. The third kappa shape index (κ3) is 5.62. The number of amides is 2. The number of hydrogen-bond donors (Lipinski definition) is 0. The van der Waals surface area contributed by atoms with Crippen LogP contribution in [0.25, 0.3) is 0 Å².